The number of hydrogen-bond acceptors (Lipinski definition) is 8. The molecule has 10 heteroatoms. The van der Waals surface area contributed by atoms with Crippen LogP contribution in [-0.2, 0) is 4.79 Å². The van der Waals surface area contributed by atoms with Gasteiger partial charge in [-0.1, -0.05) is 11.3 Å². The number of fused-ring (bicyclic) bond motifs is 1. The lowest BCUT2D eigenvalue weighted by Gasteiger charge is -2.22. The highest BCUT2D eigenvalue weighted by atomic mass is 32.1. The number of imidazole rings is 1. The van der Waals surface area contributed by atoms with E-state index < -0.39 is 0 Å². The first kappa shape index (κ1) is 25.3. The van der Waals surface area contributed by atoms with Gasteiger partial charge in [0.1, 0.15) is 17.2 Å². The SMILES string of the molecule is CCOc1ccc(NC(=O)CN(C)c2nn3c(NC(C)(C)C)c(-c4ccc(OC)cc4)nc3s2)cc1. The average Bonchev–Trinajstić information content (AvgIpc) is 3.39. The molecule has 0 aliphatic rings. The minimum Gasteiger partial charge on any atom is -0.497 e. The molecule has 4 rings (SSSR count). The number of ether oxygens (including phenoxy) is 2. The monoisotopic (exact) mass is 508 g/mol. The Labute approximate surface area is 215 Å². The molecule has 0 atom stereocenters. The van der Waals surface area contributed by atoms with Gasteiger partial charge in [-0.2, -0.15) is 4.52 Å². The van der Waals surface area contributed by atoms with Gasteiger partial charge >= 0.3 is 0 Å². The molecule has 9 nitrogen and oxygen atoms in total. The largest absolute Gasteiger partial charge is 0.497 e. The first-order valence-electron chi connectivity index (χ1n) is 11.7. The molecule has 1 amide bonds. The lowest BCUT2D eigenvalue weighted by molar-refractivity contribution is -0.114. The van der Waals surface area contributed by atoms with Gasteiger partial charge in [0.05, 0.1) is 20.3 Å². The van der Waals surface area contributed by atoms with E-state index in [2.05, 4.69) is 31.4 Å². The highest BCUT2D eigenvalue weighted by Crippen LogP contribution is 2.35. The van der Waals surface area contributed by atoms with Gasteiger partial charge in [-0.15, -0.1) is 5.10 Å². The van der Waals surface area contributed by atoms with Crippen molar-refractivity contribution >= 4 is 38.8 Å². The Morgan fingerprint density at radius 2 is 1.75 bits per heavy atom. The number of rotatable bonds is 9. The Kier molecular flexibility index (Phi) is 7.35. The number of carbonyl (C=O) groups excluding carboxylic acids is 1. The number of likely N-dealkylation sites (N-methyl/N-ethyl adjacent to an activating group) is 1. The highest BCUT2D eigenvalue weighted by molar-refractivity contribution is 7.20. The predicted molar refractivity (Wildman–Crippen MR) is 146 cm³/mol. The zero-order valence-electron chi connectivity index (χ0n) is 21.5. The van der Waals surface area contributed by atoms with Crippen molar-refractivity contribution in [2.75, 3.05) is 42.8 Å². The van der Waals surface area contributed by atoms with Crippen molar-refractivity contribution < 1.29 is 14.3 Å². The average molecular weight is 509 g/mol. The van der Waals surface area contributed by atoms with Crippen molar-refractivity contribution in [3.63, 3.8) is 0 Å². The number of nitrogens with one attached hydrogen (secondary N) is 2. The Bertz CT molecular complexity index is 1320. The van der Waals surface area contributed by atoms with Crippen LogP contribution in [0.3, 0.4) is 0 Å². The molecule has 4 aromatic rings. The number of amides is 1. The number of nitrogens with zero attached hydrogens (tertiary/aromatic N) is 4. The topological polar surface area (TPSA) is 93.0 Å². The molecule has 36 heavy (non-hydrogen) atoms. The van der Waals surface area contributed by atoms with Gasteiger partial charge in [0.25, 0.3) is 0 Å². The van der Waals surface area contributed by atoms with Crippen molar-refractivity contribution in [1.29, 1.82) is 0 Å². The molecule has 2 aromatic heterocycles. The normalized spacial score (nSPS) is 11.4. The maximum absolute atomic E-state index is 12.7. The fraction of sp³-hybridized carbons (Fsp3) is 0.346. The lowest BCUT2D eigenvalue weighted by Crippen LogP contribution is -2.30. The van der Waals surface area contributed by atoms with Crippen LogP contribution in [0, 0.1) is 0 Å². The van der Waals surface area contributed by atoms with Crippen LogP contribution < -0.4 is 25.0 Å². The molecule has 2 heterocycles. The third-order valence-electron chi connectivity index (χ3n) is 5.21. The predicted octanol–water partition coefficient (Wildman–Crippen LogP) is 5.15. The van der Waals surface area contributed by atoms with Gasteiger partial charge in [-0.25, -0.2) is 4.98 Å². The van der Waals surface area contributed by atoms with E-state index in [0.29, 0.717) is 17.4 Å². The van der Waals surface area contributed by atoms with Gasteiger partial charge in [-0.05, 0) is 76.2 Å². The summed E-state index contributed by atoms with van der Waals surface area (Å²) >= 11 is 1.43. The molecule has 0 bridgehead atoms. The van der Waals surface area contributed by atoms with Crippen LogP contribution >= 0.6 is 11.3 Å². The molecule has 0 unspecified atom stereocenters. The number of carbonyl (C=O) groups is 1. The first-order valence-corrected chi connectivity index (χ1v) is 12.5. The van der Waals surface area contributed by atoms with Crippen molar-refractivity contribution in [3.8, 4) is 22.8 Å². The molecule has 2 N–H and O–H groups in total. The number of aromatic nitrogens is 3. The summed E-state index contributed by atoms with van der Waals surface area (Å²) in [5, 5.41) is 11.9. The van der Waals surface area contributed by atoms with Crippen molar-refractivity contribution in [1.82, 2.24) is 14.6 Å². The molecule has 0 saturated heterocycles. The van der Waals surface area contributed by atoms with E-state index in [1.54, 1.807) is 7.11 Å². The summed E-state index contributed by atoms with van der Waals surface area (Å²) in [6.45, 7) is 8.96. The lowest BCUT2D eigenvalue weighted by atomic mass is 10.1. The van der Waals surface area contributed by atoms with Crippen LogP contribution in [0.25, 0.3) is 16.2 Å². The molecule has 0 spiro atoms. The minimum absolute atomic E-state index is 0.138. The van der Waals surface area contributed by atoms with Gasteiger partial charge in [0.2, 0.25) is 16.0 Å². The second-order valence-electron chi connectivity index (χ2n) is 9.35. The smallest absolute Gasteiger partial charge is 0.243 e. The summed E-state index contributed by atoms with van der Waals surface area (Å²) in [6, 6.07) is 15.1. The fourth-order valence-electron chi connectivity index (χ4n) is 3.59. The maximum Gasteiger partial charge on any atom is 0.243 e. The van der Waals surface area contributed by atoms with Gasteiger partial charge in [0, 0.05) is 23.8 Å². The van der Waals surface area contributed by atoms with Crippen LogP contribution in [0.4, 0.5) is 16.6 Å². The molecule has 0 aliphatic heterocycles. The fourth-order valence-corrected chi connectivity index (χ4v) is 4.46. The molecule has 2 aromatic carbocycles. The highest BCUT2D eigenvalue weighted by Gasteiger charge is 2.23. The molecular formula is C26H32N6O3S. The zero-order valence-corrected chi connectivity index (χ0v) is 22.3. The van der Waals surface area contributed by atoms with Crippen molar-refractivity contribution in [2.24, 2.45) is 0 Å². The van der Waals surface area contributed by atoms with E-state index in [-0.39, 0.29) is 18.0 Å². The van der Waals surface area contributed by atoms with E-state index in [4.69, 9.17) is 19.6 Å². The zero-order chi connectivity index (χ0) is 25.9. The van der Waals surface area contributed by atoms with Crippen LogP contribution in [0.1, 0.15) is 27.7 Å². The summed E-state index contributed by atoms with van der Waals surface area (Å²) in [5.41, 5.74) is 2.29. The van der Waals surface area contributed by atoms with Gasteiger partial charge in [-0.3, -0.25) is 4.79 Å². The Morgan fingerprint density at radius 1 is 1.08 bits per heavy atom. The van der Waals surface area contributed by atoms with E-state index in [1.165, 1.54) is 11.3 Å². The molecular weight excluding hydrogens is 476 g/mol. The van der Waals surface area contributed by atoms with Crippen LogP contribution in [0.2, 0.25) is 0 Å². The summed E-state index contributed by atoms with van der Waals surface area (Å²) in [7, 11) is 3.49. The third kappa shape index (κ3) is 5.88. The van der Waals surface area contributed by atoms with Crippen molar-refractivity contribution in [3.05, 3.63) is 48.5 Å². The van der Waals surface area contributed by atoms with Gasteiger partial charge < -0.3 is 25.0 Å². The summed E-state index contributed by atoms with van der Waals surface area (Å²) in [5.74, 6) is 2.22. The third-order valence-corrected chi connectivity index (χ3v) is 6.23. The van der Waals surface area contributed by atoms with E-state index in [9.17, 15) is 4.79 Å². The second kappa shape index (κ2) is 10.4. The molecule has 0 radical (unpaired) electrons. The number of anilines is 3. The summed E-state index contributed by atoms with van der Waals surface area (Å²) < 4.78 is 12.6. The van der Waals surface area contributed by atoms with Crippen LogP contribution in [0.15, 0.2) is 48.5 Å². The number of hydrogen-bond donors (Lipinski definition) is 2. The summed E-state index contributed by atoms with van der Waals surface area (Å²) in [4.78, 5) is 20.1. The Hall–Kier alpha value is -3.79. The Balaban J connectivity index is 1.54. The quantitative estimate of drug-likeness (QED) is 0.323. The Morgan fingerprint density at radius 3 is 2.36 bits per heavy atom. The van der Waals surface area contributed by atoms with Crippen LogP contribution in [0.5, 0.6) is 11.5 Å². The number of methoxy groups -OCH3 is 1. The van der Waals surface area contributed by atoms with E-state index in [0.717, 1.165) is 33.5 Å². The second-order valence-corrected chi connectivity index (χ2v) is 10.3. The van der Waals surface area contributed by atoms with E-state index in [1.807, 2.05) is 71.9 Å². The minimum atomic E-state index is -0.204. The number of benzene rings is 2. The summed E-state index contributed by atoms with van der Waals surface area (Å²) in [6.07, 6.45) is 0. The standard InChI is InChI=1S/C26H32N6O3S/c1-7-35-20-14-10-18(11-15-20)27-21(33)16-31(5)25-30-32-23(29-26(2,3)4)22(28-24(32)36-25)17-8-12-19(34-6)13-9-17/h8-15,29H,7,16H2,1-6H3,(H,27,33). The molecule has 0 fully saturated rings. The maximum atomic E-state index is 12.7. The first-order chi connectivity index (χ1) is 17.2. The molecule has 0 aliphatic carbocycles. The van der Waals surface area contributed by atoms with Gasteiger partial charge in [0.15, 0.2) is 5.82 Å². The van der Waals surface area contributed by atoms with Crippen LogP contribution in [-0.4, -0.2) is 53.4 Å². The van der Waals surface area contributed by atoms with E-state index >= 15 is 0 Å². The molecule has 190 valence electrons. The molecule has 0 saturated carbocycles. The van der Waals surface area contributed by atoms with Crippen molar-refractivity contribution in [2.45, 2.75) is 33.2 Å².